The van der Waals surface area contributed by atoms with Crippen LogP contribution in [0.25, 0.3) is 97.9 Å². The van der Waals surface area contributed by atoms with E-state index in [1.165, 1.54) is 63.8 Å². The van der Waals surface area contributed by atoms with Gasteiger partial charge in [-0.2, -0.15) is 0 Å². The number of hydrogen-bond donors (Lipinski definition) is 0. The molecule has 4 aromatic heterocycles. The maximum Gasteiger partial charge on any atom is 0.163 e. The molecule has 1 unspecified atom stereocenters. The predicted octanol–water partition coefficient (Wildman–Crippen LogP) is 13.4. The lowest BCUT2D eigenvalue weighted by atomic mass is 9.98. The van der Waals surface area contributed by atoms with Crippen LogP contribution in [0.2, 0.25) is 0 Å². The summed E-state index contributed by atoms with van der Waals surface area (Å²) in [4.78, 5) is 15.0. The van der Waals surface area contributed by atoms with Gasteiger partial charge in [0.25, 0.3) is 0 Å². The quantitative estimate of drug-likeness (QED) is 0.176. The van der Waals surface area contributed by atoms with Gasteiger partial charge >= 0.3 is 0 Å². The highest BCUT2D eigenvalue weighted by molar-refractivity contribution is 7.26. The van der Waals surface area contributed by atoms with Crippen LogP contribution in [-0.4, -0.2) is 24.1 Å². The molecule has 0 aliphatic heterocycles. The standard InChI is InChI=1S/C51H33N5S/c1-4-14-32(15-5-1)49-52-50(33-16-6-2-7-17-33)54-51(53-49)34-24-26-36(27-25-34)55-42-22-12-10-20-37(42)40-30-41-45(31-44(40)55)56(35-18-8-3-9-19-35)43-29-28-39-38-21-11-13-23-46(38)57-48(39)47(41)43/h1-24,26-31,34H,25H2. The van der Waals surface area contributed by atoms with Gasteiger partial charge in [0.15, 0.2) is 11.6 Å². The summed E-state index contributed by atoms with van der Waals surface area (Å²) in [6.45, 7) is 0. The van der Waals surface area contributed by atoms with Gasteiger partial charge < -0.3 is 9.13 Å². The molecule has 6 heteroatoms. The van der Waals surface area contributed by atoms with E-state index in [9.17, 15) is 0 Å². The lowest BCUT2D eigenvalue weighted by molar-refractivity contribution is 0.763. The van der Waals surface area contributed by atoms with Crippen molar-refractivity contribution in [1.29, 1.82) is 0 Å². The zero-order valence-corrected chi connectivity index (χ0v) is 31.6. The number of allylic oxidation sites excluding steroid dienone is 4. The fourth-order valence-corrected chi connectivity index (χ4v) is 10.1. The fraction of sp³-hybridized carbons (Fsp3) is 0.0392. The first-order valence-corrected chi connectivity index (χ1v) is 20.2. The first-order chi connectivity index (χ1) is 28.3. The molecular formula is C51H33N5S. The van der Waals surface area contributed by atoms with Crippen molar-refractivity contribution in [2.24, 2.45) is 0 Å². The highest BCUT2D eigenvalue weighted by Crippen LogP contribution is 2.46. The minimum Gasteiger partial charge on any atom is -0.310 e. The first-order valence-electron chi connectivity index (χ1n) is 19.4. The fourth-order valence-electron chi connectivity index (χ4n) is 8.83. The molecule has 0 bridgehead atoms. The topological polar surface area (TPSA) is 48.5 Å². The molecule has 0 saturated heterocycles. The Labute approximate surface area is 332 Å². The van der Waals surface area contributed by atoms with Crippen molar-refractivity contribution in [3.63, 3.8) is 0 Å². The van der Waals surface area contributed by atoms with E-state index in [-0.39, 0.29) is 5.92 Å². The van der Waals surface area contributed by atoms with Crippen LogP contribution in [-0.2, 0) is 0 Å². The van der Waals surface area contributed by atoms with E-state index in [1.54, 1.807) is 0 Å². The second-order valence-corrected chi connectivity index (χ2v) is 15.8. The summed E-state index contributed by atoms with van der Waals surface area (Å²) in [5.41, 5.74) is 9.05. The Hall–Kier alpha value is -7.15. The Bertz CT molecular complexity index is 3370. The maximum atomic E-state index is 5.06. The third kappa shape index (κ3) is 5.04. The van der Waals surface area contributed by atoms with Crippen LogP contribution in [0, 0.1) is 0 Å². The molecule has 0 radical (unpaired) electrons. The summed E-state index contributed by atoms with van der Waals surface area (Å²) in [5.74, 6) is 2.16. The van der Waals surface area contributed by atoms with Gasteiger partial charge in [-0.3, -0.25) is 0 Å². The Balaban J connectivity index is 1.04. The lowest BCUT2D eigenvalue weighted by Crippen LogP contribution is -2.09. The smallest absolute Gasteiger partial charge is 0.163 e. The van der Waals surface area contributed by atoms with E-state index in [4.69, 9.17) is 15.0 Å². The minimum atomic E-state index is 0.00537. The second kappa shape index (κ2) is 12.7. The average Bonchev–Trinajstić information content (AvgIpc) is 3.93. The van der Waals surface area contributed by atoms with Crippen molar-refractivity contribution in [2.45, 2.75) is 12.3 Å². The first kappa shape index (κ1) is 32.1. The van der Waals surface area contributed by atoms with Crippen molar-refractivity contribution in [2.75, 3.05) is 0 Å². The van der Waals surface area contributed by atoms with E-state index in [0.717, 1.165) is 34.8 Å². The van der Waals surface area contributed by atoms with Gasteiger partial charge in [0, 0.05) is 70.1 Å². The van der Waals surface area contributed by atoms with Gasteiger partial charge in [-0.25, -0.2) is 15.0 Å². The molecule has 0 spiro atoms. The number of para-hydroxylation sites is 2. The monoisotopic (exact) mass is 747 g/mol. The van der Waals surface area contributed by atoms with Crippen LogP contribution in [0.4, 0.5) is 0 Å². The number of thiophene rings is 1. The summed E-state index contributed by atoms with van der Waals surface area (Å²) in [5, 5.41) is 7.71. The van der Waals surface area contributed by atoms with Gasteiger partial charge in [-0.1, -0.05) is 133 Å². The van der Waals surface area contributed by atoms with E-state index < -0.39 is 0 Å². The van der Waals surface area contributed by atoms with Crippen LogP contribution >= 0.6 is 11.3 Å². The number of nitrogens with zero attached hydrogens (tertiary/aromatic N) is 5. The van der Waals surface area contributed by atoms with E-state index >= 15 is 0 Å². The zero-order chi connectivity index (χ0) is 37.5. The van der Waals surface area contributed by atoms with E-state index in [0.29, 0.717) is 11.6 Å². The summed E-state index contributed by atoms with van der Waals surface area (Å²) < 4.78 is 7.55. The minimum absolute atomic E-state index is 0.00537. The lowest BCUT2D eigenvalue weighted by Gasteiger charge is -2.18. The molecule has 268 valence electrons. The van der Waals surface area contributed by atoms with Crippen molar-refractivity contribution in [1.82, 2.24) is 24.1 Å². The Morgan fingerprint density at radius 1 is 0.491 bits per heavy atom. The number of rotatable bonds is 5. The van der Waals surface area contributed by atoms with Gasteiger partial charge in [0.05, 0.1) is 22.1 Å². The van der Waals surface area contributed by atoms with Crippen LogP contribution in [0.15, 0.2) is 182 Å². The van der Waals surface area contributed by atoms with Crippen molar-refractivity contribution in [3.8, 4) is 28.5 Å². The van der Waals surface area contributed by atoms with Crippen LogP contribution in [0.5, 0.6) is 0 Å². The number of hydrogen-bond acceptors (Lipinski definition) is 4. The highest BCUT2D eigenvalue weighted by atomic mass is 32.1. The zero-order valence-electron chi connectivity index (χ0n) is 30.7. The predicted molar refractivity (Wildman–Crippen MR) is 238 cm³/mol. The summed E-state index contributed by atoms with van der Waals surface area (Å²) in [6.07, 6.45) is 7.64. The number of fused-ring (bicyclic) bond motifs is 10. The SMILES string of the molecule is C1=CC(c2nc(-c3ccccc3)nc(-c3ccccc3)n2)CC=C1n1c2ccccc2c2cc3c4c5sc6ccccc6c5ccc4n(-c4ccccc4)c3cc21. The third-order valence-electron chi connectivity index (χ3n) is 11.5. The molecule has 0 N–H and O–H groups in total. The molecule has 0 saturated carbocycles. The summed E-state index contributed by atoms with van der Waals surface area (Å²) in [6, 6.07) is 58.3. The molecule has 0 fully saturated rings. The van der Waals surface area contributed by atoms with E-state index in [1.807, 2.05) is 47.7 Å². The maximum absolute atomic E-state index is 5.06. The molecule has 7 aromatic carbocycles. The molecule has 1 aliphatic rings. The third-order valence-corrected chi connectivity index (χ3v) is 12.7. The molecule has 1 aliphatic carbocycles. The molecule has 1 atom stereocenters. The van der Waals surface area contributed by atoms with Crippen molar-refractivity contribution >= 4 is 80.8 Å². The molecule has 12 rings (SSSR count). The largest absolute Gasteiger partial charge is 0.310 e. The van der Waals surface area contributed by atoms with Gasteiger partial charge in [0.2, 0.25) is 0 Å². The van der Waals surface area contributed by atoms with Gasteiger partial charge in [-0.15, -0.1) is 11.3 Å². The molecule has 57 heavy (non-hydrogen) atoms. The molecule has 11 aromatic rings. The molecule has 0 amide bonds. The number of benzene rings is 7. The highest BCUT2D eigenvalue weighted by Gasteiger charge is 2.23. The van der Waals surface area contributed by atoms with Crippen molar-refractivity contribution in [3.05, 3.63) is 188 Å². The van der Waals surface area contributed by atoms with Gasteiger partial charge in [-0.05, 0) is 55.0 Å². The van der Waals surface area contributed by atoms with Crippen LogP contribution < -0.4 is 0 Å². The van der Waals surface area contributed by atoms with Crippen LogP contribution in [0.1, 0.15) is 18.2 Å². The number of aromatic nitrogens is 5. The Kier molecular flexibility index (Phi) is 7.16. The second-order valence-electron chi connectivity index (χ2n) is 14.7. The normalized spacial score (nSPS) is 14.5. The summed E-state index contributed by atoms with van der Waals surface area (Å²) >= 11 is 1.90. The molecule has 4 heterocycles. The molecular weight excluding hydrogens is 715 g/mol. The van der Waals surface area contributed by atoms with E-state index in [2.05, 4.69) is 155 Å². The Morgan fingerprint density at radius 3 is 1.86 bits per heavy atom. The van der Waals surface area contributed by atoms with Crippen LogP contribution in [0.3, 0.4) is 0 Å². The van der Waals surface area contributed by atoms with Crippen molar-refractivity contribution < 1.29 is 0 Å². The molecule has 5 nitrogen and oxygen atoms in total. The average molecular weight is 748 g/mol. The van der Waals surface area contributed by atoms with Gasteiger partial charge in [0.1, 0.15) is 5.82 Å². The Morgan fingerprint density at radius 2 is 1.14 bits per heavy atom. The summed E-state index contributed by atoms with van der Waals surface area (Å²) in [7, 11) is 0.